The van der Waals surface area contributed by atoms with Crippen molar-refractivity contribution in [1.82, 2.24) is 10.5 Å². The van der Waals surface area contributed by atoms with Gasteiger partial charge in [-0.3, -0.25) is 15.6 Å². The molecule has 1 aliphatic rings. The van der Waals surface area contributed by atoms with Gasteiger partial charge in [0.25, 0.3) is 0 Å². The average Bonchev–Trinajstić information content (AvgIpc) is 1.89. The number of hydrogen-bond donors (Lipinski definition) is 2. The number of nitrogens with zero attached hydrogens (tertiary/aromatic N) is 1. The van der Waals surface area contributed by atoms with Crippen LogP contribution in [-0.4, -0.2) is 17.5 Å². The standard InChI is InChI=1S/C5H11N3O/c6-7-8-4-2-1-3-5(8)9/h7H,1-4,6H2. The summed E-state index contributed by atoms with van der Waals surface area (Å²) in [7, 11) is 0. The normalized spacial score (nSPS) is 20.6. The van der Waals surface area contributed by atoms with Crippen LogP contribution in [0.4, 0.5) is 0 Å². The molecule has 4 heteroatoms. The van der Waals surface area contributed by atoms with E-state index in [0.717, 1.165) is 19.4 Å². The highest BCUT2D eigenvalue weighted by atomic mass is 16.2. The molecule has 0 unspecified atom stereocenters. The summed E-state index contributed by atoms with van der Waals surface area (Å²) >= 11 is 0. The molecule has 9 heavy (non-hydrogen) atoms. The fourth-order valence-corrected chi connectivity index (χ4v) is 0.942. The van der Waals surface area contributed by atoms with E-state index in [1.165, 1.54) is 5.01 Å². The van der Waals surface area contributed by atoms with E-state index in [0.29, 0.717) is 6.42 Å². The summed E-state index contributed by atoms with van der Waals surface area (Å²) in [5, 5.41) is 1.45. The average molecular weight is 129 g/mol. The van der Waals surface area contributed by atoms with Crippen LogP contribution in [0.25, 0.3) is 0 Å². The molecule has 0 aromatic heterocycles. The fraction of sp³-hybridized carbons (Fsp3) is 0.800. The predicted octanol–water partition coefficient (Wildman–Crippen LogP) is -0.623. The highest BCUT2D eigenvalue weighted by Gasteiger charge is 2.15. The number of piperidine rings is 1. The van der Waals surface area contributed by atoms with Crippen molar-refractivity contribution in [3.8, 4) is 0 Å². The Morgan fingerprint density at radius 2 is 2.33 bits per heavy atom. The maximum absolute atomic E-state index is 10.8. The number of nitrogens with two attached hydrogens (primary N) is 1. The third-order valence-corrected chi connectivity index (χ3v) is 1.48. The molecule has 3 N–H and O–H groups in total. The Labute approximate surface area is 53.9 Å². The zero-order valence-corrected chi connectivity index (χ0v) is 5.26. The van der Waals surface area contributed by atoms with Gasteiger partial charge in [0.15, 0.2) is 0 Å². The van der Waals surface area contributed by atoms with Crippen molar-refractivity contribution in [2.75, 3.05) is 6.54 Å². The molecule has 4 nitrogen and oxygen atoms in total. The number of carbonyl (C=O) groups is 1. The molecule has 0 bridgehead atoms. The zero-order chi connectivity index (χ0) is 6.69. The van der Waals surface area contributed by atoms with E-state index in [1.54, 1.807) is 0 Å². The van der Waals surface area contributed by atoms with Crippen molar-refractivity contribution in [2.45, 2.75) is 19.3 Å². The molecule has 0 aromatic carbocycles. The van der Waals surface area contributed by atoms with Gasteiger partial charge in [0.2, 0.25) is 5.91 Å². The summed E-state index contributed by atoms with van der Waals surface area (Å²) in [6.45, 7) is 0.745. The van der Waals surface area contributed by atoms with Crippen molar-refractivity contribution in [2.24, 2.45) is 5.84 Å². The highest BCUT2D eigenvalue weighted by Crippen LogP contribution is 2.06. The first-order valence-electron chi connectivity index (χ1n) is 3.11. The summed E-state index contributed by atoms with van der Waals surface area (Å²) in [6.07, 6.45) is 2.68. The van der Waals surface area contributed by atoms with E-state index < -0.39 is 0 Å². The van der Waals surface area contributed by atoms with Crippen molar-refractivity contribution >= 4 is 5.91 Å². The SMILES string of the molecule is NNN1CCCCC1=O. The maximum atomic E-state index is 10.8. The molecule has 1 amide bonds. The Kier molecular flexibility index (Phi) is 2.02. The Morgan fingerprint density at radius 1 is 1.56 bits per heavy atom. The number of hydrogen-bond acceptors (Lipinski definition) is 3. The van der Waals surface area contributed by atoms with Crippen LogP contribution in [0.3, 0.4) is 0 Å². The summed E-state index contributed by atoms with van der Waals surface area (Å²) in [5.74, 6) is 5.15. The lowest BCUT2D eigenvalue weighted by atomic mass is 10.1. The lowest BCUT2D eigenvalue weighted by Crippen LogP contribution is -2.49. The van der Waals surface area contributed by atoms with Gasteiger partial charge < -0.3 is 0 Å². The van der Waals surface area contributed by atoms with Crippen molar-refractivity contribution in [3.05, 3.63) is 0 Å². The minimum Gasteiger partial charge on any atom is -0.273 e. The fourth-order valence-electron chi connectivity index (χ4n) is 0.942. The van der Waals surface area contributed by atoms with Gasteiger partial charge in [-0.05, 0) is 12.8 Å². The van der Waals surface area contributed by atoms with Crippen LogP contribution in [0.5, 0.6) is 0 Å². The molecule has 1 rings (SSSR count). The summed E-state index contributed by atoms with van der Waals surface area (Å²) in [5.41, 5.74) is 2.34. The lowest BCUT2D eigenvalue weighted by Gasteiger charge is -2.24. The first-order chi connectivity index (χ1) is 4.34. The van der Waals surface area contributed by atoms with Gasteiger partial charge in [-0.25, -0.2) is 0 Å². The van der Waals surface area contributed by atoms with Crippen LogP contribution in [0, 0.1) is 0 Å². The monoisotopic (exact) mass is 129 g/mol. The minimum atomic E-state index is 0.101. The van der Waals surface area contributed by atoms with Crippen LogP contribution >= 0.6 is 0 Å². The second-order valence-electron chi connectivity index (χ2n) is 2.13. The quantitative estimate of drug-likeness (QED) is 0.366. The van der Waals surface area contributed by atoms with Gasteiger partial charge in [-0.1, -0.05) is 0 Å². The summed E-state index contributed by atoms with van der Waals surface area (Å²) in [6, 6.07) is 0. The largest absolute Gasteiger partial charge is 0.273 e. The molecule has 0 radical (unpaired) electrons. The number of carbonyl (C=O) groups excluding carboxylic acids is 1. The number of hydrazine groups is 2. The van der Waals surface area contributed by atoms with Gasteiger partial charge in [0.1, 0.15) is 0 Å². The van der Waals surface area contributed by atoms with Crippen molar-refractivity contribution in [1.29, 1.82) is 0 Å². The second kappa shape index (κ2) is 2.80. The maximum Gasteiger partial charge on any atom is 0.237 e. The Hall–Kier alpha value is -0.610. The topological polar surface area (TPSA) is 58.4 Å². The molecular weight excluding hydrogens is 118 g/mol. The molecule has 0 spiro atoms. The van der Waals surface area contributed by atoms with Crippen LogP contribution in [0.1, 0.15) is 19.3 Å². The molecule has 0 saturated carbocycles. The van der Waals surface area contributed by atoms with E-state index >= 15 is 0 Å². The van der Waals surface area contributed by atoms with Gasteiger partial charge in [-0.2, -0.15) is 5.53 Å². The highest BCUT2D eigenvalue weighted by molar-refractivity contribution is 5.76. The molecule has 0 aliphatic carbocycles. The Morgan fingerprint density at radius 3 is 2.78 bits per heavy atom. The molecule has 0 atom stereocenters. The Bertz CT molecular complexity index is 115. The van der Waals surface area contributed by atoms with Gasteiger partial charge in [0.05, 0.1) is 0 Å². The van der Waals surface area contributed by atoms with Crippen LogP contribution in [-0.2, 0) is 4.79 Å². The summed E-state index contributed by atoms with van der Waals surface area (Å²) < 4.78 is 0. The molecule has 1 fully saturated rings. The Balaban J connectivity index is 2.39. The van der Waals surface area contributed by atoms with E-state index in [-0.39, 0.29) is 5.91 Å². The molecule has 0 aromatic rings. The zero-order valence-electron chi connectivity index (χ0n) is 5.26. The third-order valence-electron chi connectivity index (χ3n) is 1.48. The van der Waals surface area contributed by atoms with Gasteiger partial charge in [0, 0.05) is 13.0 Å². The lowest BCUT2D eigenvalue weighted by molar-refractivity contribution is -0.136. The minimum absolute atomic E-state index is 0.101. The van der Waals surface area contributed by atoms with Gasteiger partial charge >= 0.3 is 0 Å². The molecule has 52 valence electrons. The summed E-state index contributed by atoms with van der Waals surface area (Å²) in [4.78, 5) is 10.8. The third kappa shape index (κ3) is 1.40. The van der Waals surface area contributed by atoms with Crippen molar-refractivity contribution in [3.63, 3.8) is 0 Å². The van der Waals surface area contributed by atoms with E-state index in [4.69, 9.17) is 5.84 Å². The number of nitrogens with one attached hydrogen (secondary N) is 1. The molecule has 1 aliphatic heterocycles. The second-order valence-corrected chi connectivity index (χ2v) is 2.13. The number of rotatable bonds is 1. The van der Waals surface area contributed by atoms with E-state index in [1.807, 2.05) is 0 Å². The van der Waals surface area contributed by atoms with Crippen LogP contribution in [0.2, 0.25) is 0 Å². The first kappa shape index (κ1) is 6.51. The van der Waals surface area contributed by atoms with Crippen LogP contribution in [0.15, 0.2) is 0 Å². The van der Waals surface area contributed by atoms with Gasteiger partial charge in [-0.15, -0.1) is 0 Å². The first-order valence-corrected chi connectivity index (χ1v) is 3.11. The van der Waals surface area contributed by atoms with Crippen molar-refractivity contribution < 1.29 is 4.79 Å². The van der Waals surface area contributed by atoms with Crippen LogP contribution < -0.4 is 11.4 Å². The molecule has 1 heterocycles. The molecule has 1 saturated heterocycles. The smallest absolute Gasteiger partial charge is 0.237 e. The molecular formula is C5H11N3O. The number of amides is 1. The predicted molar refractivity (Wildman–Crippen MR) is 32.9 cm³/mol. The van der Waals surface area contributed by atoms with E-state index in [9.17, 15) is 4.79 Å². The van der Waals surface area contributed by atoms with E-state index in [2.05, 4.69) is 5.53 Å².